The van der Waals surface area contributed by atoms with Gasteiger partial charge in [0.15, 0.2) is 0 Å². The minimum absolute atomic E-state index is 0.452. The van der Waals surface area contributed by atoms with Gasteiger partial charge < -0.3 is 5.32 Å². The maximum Gasteiger partial charge on any atom is 0.211 e. The molecule has 1 aliphatic heterocycles. The summed E-state index contributed by atoms with van der Waals surface area (Å²) >= 11 is 0. The molecule has 1 saturated heterocycles. The van der Waals surface area contributed by atoms with E-state index in [1.54, 1.807) is 4.31 Å². The van der Waals surface area contributed by atoms with Crippen LogP contribution in [0.4, 0.5) is 0 Å². The van der Waals surface area contributed by atoms with Crippen molar-refractivity contribution in [2.45, 2.75) is 38.5 Å². The molecule has 0 spiro atoms. The Balaban J connectivity index is 1.63. The van der Waals surface area contributed by atoms with Gasteiger partial charge in [0.05, 0.1) is 6.26 Å². The van der Waals surface area contributed by atoms with E-state index in [4.69, 9.17) is 0 Å². The molecule has 3 unspecified atom stereocenters. The molecule has 0 aromatic carbocycles. The Morgan fingerprint density at radius 1 is 1.30 bits per heavy atom. The summed E-state index contributed by atoms with van der Waals surface area (Å²) in [5, 5.41) is 3.39. The third kappa shape index (κ3) is 3.04. The van der Waals surface area contributed by atoms with Gasteiger partial charge in [0.1, 0.15) is 0 Å². The molecule has 0 amide bonds. The van der Waals surface area contributed by atoms with Crippen LogP contribution in [0.1, 0.15) is 38.5 Å². The summed E-state index contributed by atoms with van der Waals surface area (Å²) in [5.74, 6) is 2.53. The molecule has 20 heavy (non-hydrogen) atoms. The number of hydrogen-bond acceptors (Lipinski definition) is 3. The van der Waals surface area contributed by atoms with Gasteiger partial charge in [-0.3, -0.25) is 0 Å². The Kier molecular flexibility index (Phi) is 3.89. The molecule has 0 radical (unpaired) electrons. The van der Waals surface area contributed by atoms with Crippen LogP contribution < -0.4 is 5.32 Å². The number of hydrogen-bond donors (Lipinski definition) is 1. The van der Waals surface area contributed by atoms with Crippen molar-refractivity contribution < 1.29 is 8.42 Å². The van der Waals surface area contributed by atoms with E-state index in [1.807, 2.05) is 0 Å². The molecule has 0 bridgehead atoms. The second-order valence-corrected chi connectivity index (χ2v) is 9.51. The van der Waals surface area contributed by atoms with Crippen molar-refractivity contribution in [2.24, 2.45) is 23.2 Å². The van der Waals surface area contributed by atoms with E-state index in [-0.39, 0.29) is 0 Å². The molecule has 4 nitrogen and oxygen atoms in total. The molecule has 5 heteroatoms. The van der Waals surface area contributed by atoms with Crippen LogP contribution in [-0.4, -0.2) is 45.7 Å². The monoisotopic (exact) mass is 300 g/mol. The second-order valence-electron chi connectivity index (χ2n) is 7.53. The van der Waals surface area contributed by atoms with E-state index in [9.17, 15) is 8.42 Å². The van der Waals surface area contributed by atoms with Gasteiger partial charge in [0.25, 0.3) is 0 Å². The van der Waals surface area contributed by atoms with Crippen LogP contribution in [0, 0.1) is 23.2 Å². The average Bonchev–Trinajstić information content (AvgIpc) is 2.97. The summed E-state index contributed by atoms with van der Waals surface area (Å²) in [6.45, 7) is 2.58. The van der Waals surface area contributed by atoms with E-state index < -0.39 is 10.0 Å². The van der Waals surface area contributed by atoms with Crippen molar-refractivity contribution >= 4 is 10.0 Å². The fourth-order valence-electron chi connectivity index (χ4n) is 4.87. The fraction of sp³-hybridized carbons (Fsp3) is 1.00. The Hall–Kier alpha value is -0.130. The smallest absolute Gasteiger partial charge is 0.211 e. The summed E-state index contributed by atoms with van der Waals surface area (Å²) in [7, 11) is -0.958. The Labute approximate surface area is 123 Å². The summed E-state index contributed by atoms with van der Waals surface area (Å²) < 4.78 is 25.2. The zero-order chi connectivity index (χ0) is 14.4. The van der Waals surface area contributed by atoms with Crippen molar-refractivity contribution in [1.82, 2.24) is 9.62 Å². The molecule has 116 valence electrons. The molecule has 0 aromatic heterocycles. The van der Waals surface area contributed by atoms with E-state index in [0.29, 0.717) is 11.3 Å². The molecular weight excluding hydrogens is 272 g/mol. The van der Waals surface area contributed by atoms with Crippen LogP contribution in [0.5, 0.6) is 0 Å². The van der Waals surface area contributed by atoms with E-state index in [1.165, 1.54) is 38.4 Å². The van der Waals surface area contributed by atoms with Gasteiger partial charge in [-0.1, -0.05) is 0 Å². The molecule has 1 N–H and O–H groups in total. The first kappa shape index (κ1) is 14.8. The molecule has 2 aliphatic carbocycles. The molecule has 3 aliphatic rings. The number of sulfonamides is 1. The molecular formula is C15H28N2O2S. The van der Waals surface area contributed by atoms with Crippen LogP contribution in [0.3, 0.4) is 0 Å². The largest absolute Gasteiger partial charge is 0.319 e. The maximum absolute atomic E-state index is 11.7. The van der Waals surface area contributed by atoms with Crippen LogP contribution in [0.2, 0.25) is 0 Å². The molecule has 3 fully saturated rings. The van der Waals surface area contributed by atoms with Crippen molar-refractivity contribution in [3.05, 3.63) is 0 Å². The number of rotatable bonds is 5. The number of nitrogens with zero attached hydrogens (tertiary/aromatic N) is 1. The molecule has 3 rings (SSSR count). The third-order valence-electron chi connectivity index (χ3n) is 5.68. The van der Waals surface area contributed by atoms with Gasteiger partial charge >= 0.3 is 0 Å². The lowest BCUT2D eigenvalue weighted by molar-refractivity contribution is 0.151. The van der Waals surface area contributed by atoms with Crippen LogP contribution in [0.25, 0.3) is 0 Å². The van der Waals surface area contributed by atoms with Crippen molar-refractivity contribution in [3.8, 4) is 0 Å². The van der Waals surface area contributed by atoms with Gasteiger partial charge in [-0.15, -0.1) is 0 Å². The van der Waals surface area contributed by atoms with Crippen molar-refractivity contribution in [2.75, 3.05) is 32.9 Å². The predicted molar refractivity (Wildman–Crippen MR) is 80.9 cm³/mol. The highest BCUT2D eigenvalue weighted by atomic mass is 32.2. The number of piperidine rings is 1. The van der Waals surface area contributed by atoms with E-state index in [0.717, 1.165) is 37.9 Å². The summed E-state index contributed by atoms with van der Waals surface area (Å²) in [6.07, 6.45) is 8.98. The second kappa shape index (κ2) is 5.25. The van der Waals surface area contributed by atoms with Crippen LogP contribution in [-0.2, 0) is 10.0 Å². The standard InChI is InChI=1S/C15H28N2O2S/c1-16-11-15(8-13-6-14(13)9-15)7-12-4-3-5-17(10-12)20(2,18)19/h12-14,16H,3-11H2,1-2H3. The highest BCUT2D eigenvalue weighted by Crippen LogP contribution is 2.61. The van der Waals surface area contributed by atoms with Gasteiger partial charge in [-0.25, -0.2) is 12.7 Å². The highest BCUT2D eigenvalue weighted by Gasteiger charge is 2.53. The third-order valence-corrected chi connectivity index (χ3v) is 6.95. The lowest BCUT2D eigenvalue weighted by atomic mass is 9.73. The lowest BCUT2D eigenvalue weighted by Gasteiger charge is -2.38. The molecule has 0 aromatic rings. The van der Waals surface area contributed by atoms with E-state index in [2.05, 4.69) is 12.4 Å². The normalized spacial score (nSPS) is 41.6. The lowest BCUT2D eigenvalue weighted by Crippen LogP contribution is -2.42. The first-order valence-electron chi connectivity index (χ1n) is 8.02. The Morgan fingerprint density at radius 3 is 2.60 bits per heavy atom. The minimum atomic E-state index is -3.01. The number of nitrogens with one attached hydrogen (secondary N) is 1. The minimum Gasteiger partial charge on any atom is -0.319 e. The summed E-state index contributed by atoms with van der Waals surface area (Å²) in [4.78, 5) is 0. The maximum atomic E-state index is 11.7. The van der Waals surface area contributed by atoms with Crippen LogP contribution in [0.15, 0.2) is 0 Å². The van der Waals surface area contributed by atoms with Gasteiger partial charge in [0, 0.05) is 19.6 Å². The van der Waals surface area contributed by atoms with Crippen molar-refractivity contribution in [3.63, 3.8) is 0 Å². The predicted octanol–water partition coefficient (Wildman–Crippen LogP) is 1.68. The molecule has 3 atom stereocenters. The summed E-state index contributed by atoms with van der Waals surface area (Å²) in [5.41, 5.74) is 0.452. The summed E-state index contributed by atoms with van der Waals surface area (Å²) in [6, 6.07) is 0. The van der Waals surface area contributed by atoms with Gasteiger partial charge in [-0.05, 0) is 68.7 Å². The van der Waals surface area contributed by atoms with Gasteiger partial charge in [0.2, 0.25) is 10.0 Å². The molecule has 2 saturated carbocycles. The topological polar surface area (TPSA) is 49.4 Å². The fourth-order valence-corrected chi connectivity index (χ4v) is 5.81. The Morgan fingerprint density at radius 2 is 2.00 bits per heavy atom. The Bertz CT molecular complexity index is 452. The van der Waals surface area contributed by atoms with Crippen LogP contribution >= 0.6 is 0 Å². The first-order valence-corrected chi connectivity index (χ1v) is 9.86. The van der Waals surface area contributed by atoms with Gasteiger partial charge in [-0.2, -0.15) is 0 Å². The molecule has 1 heterocycles. The number of fused-ring (bicyclic) bond motifs is 1. The highest BCUT2D eigenvalue weighted by molar-refractivity contribution is 7.88. The first-order chi connectivity index (χ1) is 9.42. The average molecular weight is 300 g/mol. The zero-order valence-electron chi connectivity index (χ0n) is 12.8. The quantitative estimate of drug-likeness (QED) is 0.840. The SMILES string of the molecule is CNCC1(CC2CCCN(S(C)(=O)=O)C2)CC2CC2C1. The van der Waals surface area contributed by atoms with E-state index >= 15 is 0 Å². The van der Waals surface area contributed by atoms with Crippen molar-refractivity contribution in [1.29, 1.82) is 0 Å². The zero-order valence-corrected chi connectivity index (χ0v) is 13.6.